The SMILES string of the molecule is CC(=CCCc1cccc(C)c1)CCCO. The molecule has 0 saturated heterocycles. The summed E-state index contributed by atoms with van der Waals surface area (Å²) in [5.41, 5.74) is 4.13. The Hall–Kier alpha value is -1.08. The Morgan fingerprint density at radius 1 is 1.38 bits per heavy atom. The maximum atomic E-state index is 8.72. The Kier molecular flexibility index (Phi) is 5.87. The fourth-order valence-corrected chi connectivity index (χ4v) is 1.81. The van der Waals surface area contributed by atoms with E-state index in [-0.39, 0.29) is 0 Å². The van der Waals surface area contributed by atoms with E-state index in [1.165, 1.54) is 16.7 Å². The number of benzene rings is 1. The lowest BCUT2D eigenvalue weighted by molar-refractivity contribution is 0.288. The molecule has 0 aromatic heterocycles. The van der Waals surface area contributed by atoms with Crippen molar-refractivity contribution in [1.29, 1.82) is 0 Å². The number of hydrogen-bond acceptors (Lipinski definition) is 1. The van der Waals surface area contributed by atoms with Gasteiger partial charge in [0, 0.05) is 6.61 Å². The number of rotatable bonds is 6. The smallest absolute Gasteiger partial charge is 0.0434 e. The fourth-order valence-electron chi connectivity index (χ4n) is 1.81. The van der Waals surface area contributed by atoms with Gasteiger partial charge in [-0.05, 0) is 45.1 Å². The van der Waals surface area contributed by atoms with Gasteiger partial charge < -0.3 is 5.11 Å². The highest BCUT2D eigenvalue weighted by Gasteiger charge is 1.93. The molecule has 0 spiro atoms. The Morgan fingerprint density at radius 3 is 2.88 bits per heavy atom. The first-order chi connectivity index (χ1) is 7.72. The summed E-state index contributed by atoms with van der Waals surface area (Å²) in [6.07, 6.45) is 6.40. The lowest BCUT2D eigenvalue weighted by Crippen LogP contribution is -1.87. The zero-order valence-corrected chi connectivity index (χ0v) is 10.4. The van der Waals surface area contributed by atoms with Crippen LogP contribution in [0.3, 0.4) is 0 Å². The van der Waals surface area contributed by atoms with Crippen LogP contribution < -0.4 is 0 Å². The predicted octanol–water partition coefficient (Wildman–Crippen LogP) is 3.65. The standard InChI is InChI=1S/C15H22O/c1-13(8-5-11-16)6-3-9-15-10-4-7-14(2)12-15/h4,6-7,10,12,16H,3,5,8-9,11H2,1-2H3. The molecule has 0 aliphatic rings. The van der Waals surface area contributed by atoms with E-state index >= 15 is 0 Å². The molecule has 1 nitrogen and oxygen atoms in total. The molecule has 1 heteroatoms. The number of aliphatic hydroxyl groups excluding tert-OH is 1. The Labute approximate surface area is 98.8 Å². The summed E-state index contributed by atoms with van der Waals surface area (Å²) in [7, 11) is 0. The van der Waals surface area contributed by atoms with Crippen molar-refractivity contribution in [3.8, 4) is 0 Å². The van der Waals surface area contributed by atoms with Crippen molar-refractivity contribution < 1.29 is 5.11 Å². The Balaban J connectivity index is 2.34. The molecule has 1 aromatic carbocycles. The van der Waals surface area contributed by atoms with Gasteiger partial charge >= 0.3 is 0 Å². The van der Waals surface area contributed by atoms with Crippen molar-refractivity contribution in [2.45, 2.75) is 39.5 Å². The van der Waals surface area contributed by atoms with Crippen LogP contribution in [0.2, 0.25) is 0 Å². The van der Waals surface area contributed by atoms with E-state index in [1.54, 1.807) is 0 Å². The molecule has 0 bridgehead atoms. The molecule has 1 rings (SSSR count). The summed E-state index contributed by atoms with van der Waals surface area (Å²) >= 11 is 0. The average Bonchev–Trinajstić information content (AvgIpc) is 2.26. The van der Waals surface area contributed by atoms with Gasteiger partial charge in [-0.25, -0.2) is 0 Å². The molecule has 0 atom stereocenters. The lowest BCUT2D eigenvalue weighted by atomic mass is 10.0. The van der Waals surface area contributed by atoms with Gasteiger partial charge in [0.15, 0.2) is 0 Å². The van der Waals surface area contributed by atoms with Gasteiger partial charge in [0.05, 0.1) is 0 Å². The van der Waals surface area contributed by atoms with Crippen LogP contribution in [0, 0.1) is 6.92 Å². The van der Waals surface area contributed by atoms with Gasteiger partial charge in [0.1, 0.15) is 0 Å². The minimum absolute atomic E-state index is 0.295. The maximum Gasteiger partial charge on any atom is 0.0434 e. The molecule has 1 N–H and O–H groups in total. The monoisotopic (exact) mass is 218 g/mol. The first kappa shape index (κ1) is 13.0. The van der Waals surface area contributed by atoms with Crippen molar-refractivity contribution >= 4 is 0 Å². The Bertz CT molecular complexity index is 339. The van der Waals surface area contributed by atoms with Crippen LogP contribution >= 0.6 is 0 Å². The molecule has 0 amide bonds. The number of aryl methyl sites for hydroxylation is 2. The molecule has 0 saturated carbocycles. The van der Waals surface area contributed by atoms with Crippen molar-refractivity contribution in [2.24, 2.45) is 0 Å². The highest BCUT2D eigenvalue weighted by molar-refractivity contribution is 5.22. The van der Waals surface area contributed by atoms with Gasteiger partial charge in [0.25, 0.3) is 0 Å². The zero-order chi connectivity index (χ0) is 11.8. The van der Waals surface area contributed by atoms with Gasteiger partial charge in [-0.3, -0.25) is 0 Å². The van der Waals surface area contributed by atoms with Crippen LogP contribution in [0.4, 0.5) is 0 Å². The quantitative estimate of drug-likeness (QED) is 0.723. The molecule has 0 heterocycles. The third-order valence-corrected chi connectivity index (χ3v) is 2.74. The normalized spacial score (nSPS) is 11.8. The van der Waals surface area contributed by atoms with E-state index in [9.17, 15) is 0 Å². The van der Waals surface area contributed by atoms with Crippen LogP contribution in [0.25, 0.3) is 0 Å². The summed E-state index contributed by atoms with van der Waals surface area (Å²) in [6.45, 7) is 4.57. The van der Waals surface area contributed by atoms with Gasteiger partial charge in [-0.15, -0.1) is 0 Å². The first-order valence-corrected chi connectivity index (χ1v) is 6.04. The third kappa shape index (κ3) is 5.13. The van der Waals surface area contributed by atoms with Gasteiger partial charge in [-0.2, -0.15) is 0 Å². The summed E-state index contributed by atoms with van der Waals surface area (Å²) in [5.74, 6) is 0. The van der Waals surface area contributed by atoms with Crippen molar-refractivity contribution in [1.82, 2.24) is 0 Å². The van der Waals surface area contributed by atoms with Crippen molar-refractivity contribution in [3.05, 3.63) is 47.0 Å². The van der Waals surface area contributed by atoms with Crippen molar-refractivity contribution in [2.75, 3.05) is 6.61 Å². The van der Waals surface area contributed by atoms with E-state index in [1.807, 2.05) is 0 Å². The first-order valence-electron chi connectivity index (χ1n) is 6.04. The zero-order valence-electron chi connectivity index (χ0n) is 10.4. The third-order valence-electron chi connectivity index (χ3n) is 2.74. The highest BCUT2D eigenvalue weighted by Crippen LogP contribution is 2.09. The number of allylic oxidation sites excluding steroid dienone is 2. The molecule has 1 aromatic rings. The molecule has 0 aliphatic heterocycles. The van der Waals surface area contributed by atoms with Crippen molar-refractivity contribution in [3.63, 3.8) is 0 Å². The molecule has 16 heavy (non-hydrogen) atoms. The molecular formula is C15H22O. The van der Waals surface area contributed by atoms with Crippen LogP contribution in [-0.4, -0.2) is 11.7 Å². The Morgan fingerprint density at radius 2 is 2.19 bits per heavy atom. The molecule has 88 valence electrons. The summed E-state index contributed by atoms with van der Waals surface area (Å²) in [5, 5.41) is 8.72. The van der Waals surface area contributed by atoms with Crippen LogP contribution in [-0.2, 0) is 6.42 Å². The maximum absolute atomic E-state index is 8.72. The second kappa shape index (κ2) is 7.24. The average molecular weight is 218 g/mol. The van der Waals surface area contributed by atoms with Crippen LogP contribution in [0.1, 0.15) is 37.3 Å². The van der Waals surface area contributed by atoms with Gasteiger partial charge in [0.2, 0.25) is 0 Å². The fraction of sp³-hybridized carbons (Fsp3) is 0.467. The van der Waals surface area contributed by atoms with Crippen LogP contribution in [0.5, 0.6) is 0 Å². The topological polar surface area (TPSA) is 20.2 Å². The summed E-state index contributed by atoms with van der Waals surface area (Å²) in [6, 6.07) is 8.68. The second-order valence-electron chi connectivity index (χ2n) is 4.41. The van der Waals surface area contributed by atoms with Gasteiger partial charge in [-0.1, -0.05) is 41.5 Å². The van der Waals surface area contributed by atoms with E-state index < -0.39 is 0 Å². The second-order valence-corrected chi connectivity index (χ2v) is 4.41. The molecular weight excluding hydrogens is 196 g/mol. The molecule has 0 aliphatic carbocycles. The summed E-state index contributed by atoms with van der Waals surface area (Å²) < 4.78 is 0. The van der Waals surface area contributed by atoms with E-state index in [0.717, 1.165) is 25.7 Å². The number of aliphatic hydroxyl groups is 1. The molecule has 0 radical (unpaired) electrons. The van der Waals surface area contributed by atoms with E-state index in [0.29, 0.717) is 6.61 Å². The number of hydrogen-bond donors (Lipinski definition) is 1. The lowest BCUT2D eigenvalue weighted by Gasteiger charge is -2.02. The molecule has 0 fully saturated rings. The molecule has 0 unspecified atom stereocenters. The summed E-state index contributed by atoms with van der Waals surface area (Å²) in [4.78, 5) is 0. The minimum atomic E-state index is 0.295. The van der Waals surface area contributed by atoms with Crippen LogP contribution in [0.15, 0.2) is 35.9 Å². The largest absolute Gasteiger partial charge is 0.396 e. The van der Waals surface area contributed by atoms with E-state index in [4.69, 9.17) is 5.11 Å². The van der Waals surface area contributed by atoms with E-state index in [2.05, 4.69) is 44.2 Å². The minimum Gasteiger partial charge on any atom is -0.396 e. The predicted molar refractivity (Wildman–Crippen MR) is 69.6 cm³/mol. The highest BCUT2D eigenvalue weighted by atomic mass is 16.2.